The number of carboxylic acid groups (broad SMARTS) is 1. The minimum Gasteiger partial charge on any atom is -0.507 e. The number of unbranched alkanes of at least 4 members (excludes halogenated alkanes) is 3. The standard InChI is InChI=1S/C40H64N2O4.C3H6O2/c1-37(2,3)29-23-27(24-30(35(29)45)38(4,5)6)17-19-33(43)41-21-15-13-14-16-22-42-34(44)20-18-28-25-31(39(7,8)9)36(46)32(26-28)40(10,11)12;1-2-3(4)5/h23-26,45-46H,13-22H2,1-12H3,(H,41,43)(H,42,44);2H2,1H3,(H,4,5). The van der Waals surface area contributed by atoms with Gasteiger partial charge < -0.3 is 26.0 Å². The molecule has 0 aromatic heterocycles. The van der Waals surface area contributed by atoms with E-state index < -0.39 is 5.97 Å². The summed E-state index contributed by atoms with van der Waals surface area (Å²) in [6.45, 7) is 28.1. The highest BCUT2D eigenvalue weighted by molar-refractivity contribution is 5.76. The van der Waals surface area contributed by atoms with Crippen molar-refractivity contribution in [3.63, 3.8) is 0 Å². The van der Waals surface area contributed by atoms with Gasteiger partial charge >= 0.3 is 5.97 Å². The quantitative estimate of drug-likeness (QED) is 0.124. The zero-order valence-corrected chi connectivity index (χ0v) is 34.2. The Bertz CT molecular complexity index is 1280. The molecular weight excluding hydrogens is 640 g/mol. The number of carbonyl (C=O) groups is 3. The normalized spacial score (nSPS) is 12.2. The lowest BCUT2D eigenvalue weighted by Crippen LogP contribution is -2.25. The van der Waals surface area contributed by atoms with Crippen LogP contribution in [0.5, 0.6) is 11.5 Å². The van der Waals surface area contributed by atoms with Crippen LogP contribution in [-0.2, 0) is 48.9 Å². The van der Waals surface area contributed by atoms with Crippen molar-refractivity contribution in [2.45, 2.75) is 169 Å². The summed E-state index contributed by atoms with van der Waals surface area (Å²) in [6.07, 6.45) is 6.16. The Morgan fingerprint density at radius 1 is 0.529 bits per heavy atom. The summed E-state index contributed by atoms with van der Waals surface area (Å²) in [4.78, 5) is 34.5. The minimum atomic E-state index is -0.745. The molecule has 2 rings (SSSR count). The molecule has 0 unspecified atom stereocenters. The first kappa shape index (κ1) is 45.5. The van der Waals surface area contributed by atoms with Crippen molar-refractivity contribution >= 4 is 17.8 Å². The number of aromatic hydroxyl groups is 2. The van der Waals surface area contributed by atoms with Gasteiger partial charge in [0.1, 0.15) is 11.5 Å². The van der Waals surface area contributed by atoms with E-state index in [-0.39, 0.29) is 39.9 Å². The predicted octanol–water partition coefficient (Wildman–Crippen LogP) is 9.13. The number of carboxylic acids is 1. The van der Waals surface area contributed by atoms with E-state index in [4.69, 9.17) is 5.11 Å². The molecular formula is C43H70N2O6. The summed E-state index contributed by atoms with van der Waals surface area (Å²) < 4.78 is 0. The summed E-state index contributed by atoms with van der Waals surface area (Å²) in [7, 11) is 0. The van der Waals surface area contributed by atoms with E-state index in [0.29, 0.717) is 50.3 Å². The zero-order valence-electron chi connectivity index (χ0n) is 34.2. The fraction of sp³-hybridized carbons (Fsp3) is 0.651. The van der Waals surface area contributed by atoms with Crippen LogP contribution in [0.15, 0.2) is 24.3 Å². The number of amides is 2. The molecule has 0 radical (unpaired) electrons. The summed E-state index contributed by atoms with van der Waals surface area (Å²) >= 11 is 0. The highest BCUT2D eigenvalue weighted by Crippen LogP contribution is 2.41. The Morgan fingerprint density at radius 3 is 1.00 bits per heavy atom. The third kappa shape index (κ3) is 16.1. The van der Waals surface area contributed by atoms with E-state index in [2.05, 4.69) is 118 Å². The lowest BCUT2D eigenvalue weighted by molar-refractivity contribution is -0.136. The van der Waals surface area contributed by atoms with Gasteiger partial charge in [-0.05, 0) is 80.7 Å². The van der Waals surface area contributed by atoms with E-state index >= 15 is 0 Å². The van der Waals surface area contributed by atoms with E-state index in [9.17, 15) is 24.6 Å². The first-order valence-electron chi connectivity index (χ1n) is 18.8. The maximum absolute atomic E-state index is 12.6. The molecule has 0 aliphatic rings. The van der Waals surface area contributed by atoms with Crippen LogP contribution in [0.3, 0.4) is 0 Å². The van der Waals surface area contributed by atoms with Gasteiger partial charge in [0.15, 0.2) is 0 Å². The van der Waals surface area contributed by atoms with Crippen molar-refractivity contribution in [2.75, 3.05) is 13.1 Å². The monoisotopic (exact) mass is 711 g/mol. The number of hydrogen-bond donors (Lipinski definition) is 5. The number of aliphatic carboxylic acids is 1. The smallest absolute Gasteiger partial charge is 0.303 e. The van der Waals surface area contributed by atoms with Crippen molar-refractivity contribution < 1.29 is 29.7 Å². The highest BCUT2D eigenvalue weighted by Gasteiger charge is 2.28. The average molecular weight is 711 g/mol. The second-order valence-corrected chi connectivity index (χ2v) is 17.9. The fourth-order valence-corrected chi connectivity index (χ4v) is 5.72. The first-order chi connectivity index (χ1) is 23.3. The Kier molecular flexibility index (Phi) is 17.2. The molecule has 8 heteroatoms. The molecule has 0 aliphatic carbocycles. The number of rotatable bonds is 14. The Hall–Kier alpha value is -3.55. The number of nitrogens with one attached hydrogen (secondary N) is 2. The number of aryl methyl sites for hydroxylation is 2. The van der Waals surface area contributed by atoms with Crippen LogP contribution in [0.25, 0.3) is 0 Å². The molecule has 0 saturated carbocycles. The molecule has 0 spiro atoms. The fourth-order valence-electron chi connectivity index (χ4n) is 5.72. The highest BCUT2D eigenvalue weighted by atomic mass is 16.4. The van der Waals surface area contributed by atoms with Crippen LogP contribution < -0.4 is 10.6 Å². The van der Waals surface area contributed by atoms with Crippen LogP contribution in [0, 0.1) is 0 Å². The third-order valence-electron chi connectivity index (χ3n) is 8.90. The van der Waals surface area contributed by atoms with Gasteiger partial charge in [0.25, 0.3) is 0 Å². The van der Waals surface area contributed by atoms with Gasteiger partial charge in [0, 0.05) is 32.4 Å². The molecule has 8 nitrogen and oxygen atoms in total. The Balaban J connectivity index is 0.00000242. The minimum absolute atomic E-state index is 0.0489. The molecule has 2 aromatic rings. The molecule has 0 fully saturated rings. The Morgan fingerprint density at radius 2 is 0.784 bits per heavy atom. The van der Waals surface area contributed by atoms with Gasteiger partial charge in [-0.2, -0.15) is 0 Å². The number of hydrogen-bond acceptors (Lipinski definition) is 5. The van der Waals surface area contributed by atoms with E-state index in [1.165, 1.54) is 0 Å². The van der Waals surface area contributed by atoms with Gasteiger partial charge in [0.2, 0.25) is 11.8 Å². The van der Waals surface area contributed by atoms with Crippen LogP contribution >= 0.6 is 0 Å². The van der Waals surface area contributed by atoms with Gasteiger partial charge in [0.05, 0.1) is 0 Å². The third-order valence-corrected chi connectivity index (χ3v) is 8.90. The molecule has 0 heterocycles. The molecule has 51 heavy (non-hydrogen) atoms. The lowest BCUT2D eigenvalue weighted by Gasteiger charge is -2.28. The van der Waals surface area contributed by atoms with Crippen molar-refractivity contribution in [3.05, 3.63) is 57.6 Å². The van der Waals surface area contributed by atoms with Gasteiger partial charge in [-0.1, -0.05) is 127 Å². The van der Waals surface area contributed by atoms with Crippen LogP contribution in [0.2, 0.25) is 0 Å². The van der Waals surface area contributed by atoms with E-state index in [1.807, 2.05) is 0 Å². The Labute approximate surface area is 309 Å². The van der Waals surface area contributed by atoms with E-state index in [1.54, 1.807) is 6.92 Å². The molecule has 0 atom stereocenters. The molecule has 0 saturated heterocycles. The topological polar surface area (TPSA) is 136 Å². The van der Waals surface area contributed by atoms with Crippen molar-refractivity contribution in [1.82, 2.24) is 10.6 Å². The van der Waals surface area contributed by atoms with Crippen molar-refractivity contribution in [2.24, 2.45) is 0 Å². The van der Waals surface area contributed by atoms with Crippen LogP contribution in [-0.4, -0.2) is 46.2 Å². The maximum Gasteiger partial charge on any atom is 0.303 e. The first-order valence-corrected chi connectivity index (χ1v) is 18.8. The second kappa shape index (κ2) is 19.3. The summed E-state index contributed by atoms with van der Waals surface area (Å²) in [6, 6.07) is 8.20. The lowest BCUT2D eigenvalue weighted by atomic mass is 9.78. The van der Waals surface area contributed by atoms with Crippen LogP contribution in [0.4, 0.5) is 0 Å². The number of phenols is 2. The molecule has 0 aliphatic heterocycles. The van der Waals surface area contributed by atoms with Gasteiger partial charge in [-0.25, -0.2) is 0 Å². The van der Waals surface area contributed by atoms with E-state index in [0.717, 1.165) is 59.1 Å². The molecule has 288 valence electrons. The number of carbonyl (C=O) groups excluding carboxylic acids is 2. The number of benzene rings is 2. The van der Waals surface area contributed by atoms with Crippen molar-refractivity contribution in [1.29, 1.82) is 0 Å². The average Bonchev–Trinajstić information content (AvgIpc) is 2.99. The predicted molar refractivity (Wildman–Crippen MR) is 210 cm³/mol. The maximum atomic E-state index is 12.6. The molecule has 2 amide bonds. The van der Waals surface area contributed by atoms with Crippen LogP contribution in [0.1, 0.15) is 168 Å². The second-order valence-electron chi connectivity index (χ2n) is 17.9. The largest absolute Gasteiger partial charge is 0.507 e. The summed E-state index contributed by atoms with van der Waals surface area (Å²) in [5.41, 5.74) is 5.10. The summed E-state index contributed by atoms with van der Waals surface area (Å²) in [5.74, 6) is 0.0863. The zero-order chi connectivity index (χ0) is 39.4. The molecule has 5 N–H and O–H groups in total. The van der Waals surface area contributed by atoms with Gasteiger partial charge in [-0.3, -0.25) is 14.4 Å². The van der Waals surface area contributed by atoms with Gasteiger partial charge in [-0.15, -0.1) is 0 Å². The SMILES string of the molecule is CC(C)(C)c1cc(CCC(=O)NCCCCCCNC(=O)CCc2cc(C(C)(C)C)c(O)c(C(C)(C)C)c2)cc(C(C)(C)C)c1O.CCC(=O)O. The molecule has 0 bridgehead atoms. The summed E-state index contributed by atoms with van der Waals surface area (Å²) in [5, 5.41) is 35.7. The number of phenolic OH excluding ortho intramolecular Hbond substituents is 2. The molecule has 2 aromatic carbocycles. The van der Waals surface area contributed by atoms with Crippen molar-refractivity contribution in [3.8, 4) is 11.5 Å².